The first-order valence-corrected chi connectivity index (χ1v) is 3.50. The Morgan fingerprint density at radius 3 is 0.526 bits per heavy atom. The predicted molar refractivity (Wildman–Crippen MR) is 50.9 cm³/mol. The molecule has 0 bridgehead atoms. The predicted octanol–water partition coefficient (Wildman–Crippen LogP) is 3.69. The van der Waals surface area contributed by atoms with Gasteiger partial charge in [-0.3, -0.25) is 0 Å². The Balaban J connectivity index is -0.00000000340. The van der Waals surface area contributed by atoms with Crippen molar-refractivity contribution in [3.63, 3.8) is 0 Å². The summed E-state index contributed by atoms with van der Waals surface area (Å²) in [5, 5.41) is 0. The minimum absolute atomic E-state index is 0. The van der Waals surface area contributed by atoms with Crippen molar-refractivity contribution in [1.82, 2.24) is 0 Å². The average Bonchev–Trinajstić information content (AvgIpc) is 1.91. The van der Waals surface area contributed by atoms with Gasteiger partial charge in [0.05, 0.1) is 0 Å². The first kappa shape index (κ1) is 78.7. The standard InChI is InChI=1S/C5H10.C4H8.CH3.9Y/c1-3-5-4-2;1-3-4-2;;;;;;;;;;/h1-5H2;1-4H2;1H3;;;;;;;;;/q2*-2;-1;;;;;;;;;. The van der Waals surface area contributed by atoms with Crippen molar-refractivity contribution in [2.75, 3.05) is 0 Å². The maximum absolute atomic E-state index is 3.64. The van der Waals surface area contributed by atoms with Crippen LogP contribution in [0.4, 0.5) is 0 Å². The number of hydrogen-bond acceptors (Lipinski definition) is 0. The van der Waals surface area contributed by atoms with Crippen LogP contribution in [0.1, 0.15) is 32.1 Å². The van der Waals surface area contributed by atoms with Crippen molar-refractivity contribution in [3.8, 4) is 0 Å². The van der Waals surface area contributed by atoms with Crippen molar-refractivity contribution >= 4 is 0 Å². The summed E-state index contributed by atoms with van der Waals surface area (Å²) in [5.74, 6) is 0. The fourth-order valence-electron chi connectivity index (χ4n) is 0.177. The molecule has 93 valence electrons. The monoisotopic (exact) mass is 941 g/mol. The maximum Gasteiger partial charge on any atom is 0 e. The van der Waals surface area contributed by atoms with Crippen molar-refractivity contribution in [2.45, 2.75) is 32.1 Å². The molecule has 9 heteroatoms. The number of hydrogen-bond donors (Lipinski definition) is 0. The first-order chi connectivity index (χ1) is 4.33. The maximum atomic E-state index is 3.64. The van der Waals surface area contributed by atoms with E-state index in [0.29, 0.717) is 0 Å². The van der Waals surface area contributed by atoms with Gasteiger partial charge >= 0.3 is 0 Å². The van der Waals surface area contributed by atoms with Crippen molar-refractivity contribution in [2.24, 2.45) is 0 Å². The van der Waals surface area contributed by atoms with Crippen LogP contribution in [-0.2, 0) is 294 Å². The molecule has 0 aromatic carbocycles. The van der Waals surface area contributed by atoms with Crippen LogP contribution < -0.4 is 0 Å². The summed E-state index contributed by atoms with van der Waals surface area (Å²) < 4.78 is 0. The van der Waals surface area contributed by atoms with Gasteiger partial charge in [-0.25, -0.2) is 12.8 Å². The molecule has 0 nitrogen and oxygen atoms in total. The van der Waals surface area contributed by atoms with E-state index in [2.05, 4.69) is 27.7 Å². The molecule has 0 heterocycles. The van der Waals surface area contributed by atoms with E-state index >= 15 is 0 Å². The topological polar surface area (TPSA) is 0 Å². The van der Waals surface area contributed by atoms with Gasteiger partial charge in [0.2, 0.25) is 0 Å². The van der Waals surface area contributed by atoms with Gasteiger partial charge in [-0.1, -0.05) is 0 Å². The Hall–Kier alpha value is 9.94. The van der Waals surface area contributed by atoms with Crippen LogP contribution in [-0.4, -0.2) is 0 Å². The van der Waals surface area contributed by atoms with Gasteiger partial charge < -0.3 is 35.1 Å². The normalized spacial score (nSPS) is 3.79. The van der Waals surface area contributed by atoms with Gasteiger partial charge in [-0.05, 0) is 0 Å². The second kappa shape index (κ2) is 90.9. The Kier molecular flexibility index (Phi) is 377. The molecule has 0 atom stereocenters. The van der Waals surface area contributed by atoms with Gasteiger partial charge in [0.25, 0.3) is 0 Å². The summed E-state index contributed by atoms with van der Waals surface area (Å²) in [6, 6.07) is 0. The SMILES string of the molecule is [CH2-]CCC[CH2-].[CH2-]CC[CH2-].[CH3-].[Y].[Y].[Y].[Y].[Y].[Y].[Y].[Y].[Y]. The van der Waals surface area contributed by atoms with Crippen LogP contribution in [0.2, 0.25) is 0 Å². The molecule has 0 spiro atoms. The second-order valence-electron chi connectivity index (χ2n) is 1.77. The van der Waals surface area contributed by atoms with Crippen LogP contribution in [0, 0.1) is 35.1 Å². The molecule has 0 rings (SSSR count). The molecule has 19 heavy (non-hydrogen) atoms. The van der Waals surface area contributed by atoms with Crippen LogP contribution >= 0.6 is 0 Å². The molecule has 0 aromatic heterocycles. The summed E-state index contributed by atoms with van der Waals surface area (Å²) >= 11 is 0. The molecular weight excluding hydrogens is 920 g/mol. The van der Waals surface area contributed by atoms with E-state index in [-0.39, 0.29) is 302 Å². The van der Waals surface area contributed by atoms with Gasteiger partial charge in [0.15, 0.2) is 0 Å². The molecule has 0 aromatic rings. The zero-order chi connectivity index (χ0) is 7.54. The summed E-state index contributed by atoms with van der Waals surface area (Å²) in [4.78, 5) is 0. The van der Waals surface area contributed by atoms with Gasteiger partial charge in [0, 0.05) is 294 Å². The molecule has 0 saturated heterocycles. The van der Waals surface area contributed by atoms with Gasteiger partial charge in [-0.2, -0.15) is 12.8 Å². The van der Waals surface area contributed by atoms with Crippen molar-refractivity contribution < 1.29 is 294 Å². The molecule has 0 fully saturated rings. The van der Waals surface area contributed by atoms with Crippen molar-refractivity contribution in [3.05, 3.63) is 35.1 Å². The van der Waals surface area contributed by atoms with Crippen LogP contribution in [0.15, 0.2) is 0 Å². The molecule has 9 radical (unpaired) electrons. The Labute approximate surface area is 350 Å². The Morgan fingerprint density at radius 2 is 0.526 bits per heavy atom. The zero-order valence-electron chi connectivity index (χ0n) is 12.6. The van der Waals surface area contributed by atoms with Crippen molar-refractivity contribution in [1.29, 1.82) is 0 Å². The summed E-state index contributed by atoms with van der Waals surface area (Å²) in [6.45, 7) is 14.4. The van der Waals surface area contributed by atoms with Crippen LogP contribution in [0.25, 0.3) is 0 Å². The van der Waals surface area contributed by atoms with Gasteiger partial charge in [-0.15, -0.1) is 6.42 Å². The molecule has 0 aliphatic carbocycles. The second-order valence-corrected chi connectivity index (χ2v) is 1.77. The van der Waals surface area contributed by atoms with E-state index in [1.165, 1.54) is 6.42 Å². The number of unbranched alkanes of at least 4 members (excludes halogenated alkanes) is 3. The molecule has 0 unspecified atom stereocenters. The third-order valence-electron chi connectivity index (χ3n) is 0.750. The largest absolute Gasteiger partial charge is 0.358 e. The van der Waals surface area contributed by atoms with Crippen LogP contribution in [0.5, 0.6) is 0 Å². The van der Waals surface area contributed by atoms with Gasteiger partial charge in [0.1, 0.15) is 0 Å². The Bertz CT molecular complexity index is 38.2. The number of rotatable bonds is 3. The third kappa shape index (κ3) is 112. The zero-order valence-corrected chi connectivity index (χ0v) is 38.1. The van der Waals surface area contributed by atoms with E-state index in [4.69, 9.17) is 0 Å². The fourth-order valence-corrected chi connectivity index (χ4v) is 0.177. The minimum Gasteiger partial charge on any atom is -0.358 e. The van der Waals surface area contributed by atoms with E-state index in [1.807, 2.05) is 0 Å². The first-order valence-electron chi connectivity index (χ1n) is 3.50. The van der Waals surface area contributed by atoms with E-state index < -0.39 is 0 Å². The quantitative estimate of drug-likeness (QED) is 0.380. The minimum atomic E-state index is 0. The van der Waals surface area contributed by atoms with E-state index in [0.717, 1.165) is 25.7 Å². The average molecular weight is 941 g/mol. The third-order valence-corrected chi connectivity index (χ3v) is 0.750. The van der Waals surface area contributed by atoms with E-state index in [1.54, 1.807) is 0 Å². The molecule has 0 saturated carbocycles. The molecule has 0 aliphatic heterocycles. The molecule has 0 aliphatic rings. The summed E-state index contributed by atoms with van der Waals surface area (Å²) in [5.41, 5.74) is 0. The van der Waals surface area contributed by atoms with Crippen LogP contribution in [0.3, 0.4) is 0 Å². The smallest absolute Gasteiger partial charge is 0 e. The molecule has 0 amide bonds. The molecule has 0 N–H and O–H groups in total. The summed E-state index contributed by atoms with van der Waals surface area (Å²) in [7, 11) is 0. The Morgan fingerprint density at radius 1 is 0.368 bits per heavy atom. The molecular formula is C10H21Y9-5. The van der Waals surface area contributed by atoms with E-state index in [9.17, 15) is 0 Å². The fraction of sp³-hybridized carbons (Fsp3) is 0.500. The summed E-state index contributed by atoms with van der Waals surface area (Å²) in [6.07, 6.45) is 5.15.